The van der Waals surface area contributed by atoms with Crippen molar-refractivity contribution in [2.24, 2.45) is 0 Å². The number of aromatic nitrogens is 2. The molecule has 1 aromatic heterocycles. The van der Waals surface area contributed by atoms with Crippen LogP contribution in [-0.2, 0) is 9.53 Å². The van der Waals surface area contributed by atoms with Crippen LogP contribution in [0.5, 0.6) is 0 Å². The summed E-state index contributed by atoms with van der Waals surface area (Å²) in [5.41, 5.74) is 2.17. The fraction of sp³-hybridized carbons (Fsp3) is 0.500. The summed E-state index contributed by atoms with van der Waals surface area (Å²) in [6.45, 7) is 2.72. The maximum atomic E-state index is 12.7. The number of rotatable bonds is 5. The quantitative estimate of drug-likeness (QED) is 0.898. The van der Waals surface area contributed by atoms with Crippen LogP contribution in [0.1, 0.15) is 37.3 Å². The van der Waals surface area contributed by atoms with Crippen molar-refractivity contribution in [3.05, 3.63) is 42.1 Å². The SMILES string of the molecule is O=C(CN1CCOCC12CC2)Nc1cc(C2CC2)nn1-c1ccccc1. The van der Waals surface area contributed by atoms with Crippen molar-refractivity contribution >= 4 is 11.7 Å². The van der Waals surface area contributed by atoms with E-state index in [1.165, 1.54) is 12.8 Å². The summed E-state index contributed by atoms with van der Waals surface area (Å²) >= 11 is 0. The fourth-order valence-corrected chi connectivity index (χ4v) is 3.81. The van der Waals surface area contributed by atoms with Crippen molar-refractivity contribution in [3.8, 4) is 5.69 Å². The average Bonchev–Trinajstić information content (AvgIpc) is 3.58. The van der Waals surface area contributed by atoms with Crippen LogP contribution < -0.4 is 5.32 Å². The molecule has 1 aromatic carbocycles. The van der Waals surface area contributed by atoms with E-state index in [1.807, 2.05) is 41.1 Å². The highest BCUT2D eigenvalue weighted by molar-refractivity contribution is 5.92. The molecule has 6 heteroatoms. The average molecular weight is 352 g/mol. The topological polar surface area (TPSA) is 59.4 Å². The molecule has 1 amide bonds. The van der Waals surface area contributed by atoms with Crippen molar-refractivity contribution in [1.82, 2.24) is 14.7 Å². The minimum atomic E-state index is 0.0256. The lowest BCUT2D eigenvalue weighted by molar-refractivity contribution is -0.120. The van der Waals surface area contributed by atoms with Crippen molar-refractivity contribution in [2.45, 2.75) is 37.1 Å². The largest absolute Gasteiger partial charge is 0.378 e. The first-order chi connectivity index (χ1) is 12.7. The molecule has 2 heterocycles. The van der Waals surface area contributed by atoms with Crippen molar-refractivity contribution in [3.63, 3.8) is 0 Å². The lowest BCUT2D eigenvalue weighted by atomic mass is 10.2. The Morgan fingerprint density at radius 3 is 2.81 bits per heavy atom. The van der Waals surface area contributed by atoms with Gasteiger partial charge in [0.25, 0.3) is 0 Å². The van der Waals surface area contributed by atoms with E-state index in [4.69, 9.17) is 9.84 Å². The lowest BCUT2D eigenvalue weighted by Crippen LogP contribution is -2.50. The molecule has 2 saturated carbocycles. The normalized spacial score (nSPS) is 21.7. The zero-order valence-corrected chi connectivity index (χ0v) is 14.9. The number of nitrogens with one attached hydrogen (secondary N) is 1. The van der Waals surface area contributed by atoms with Crippen LogP contribution in [0.2, 0.25) is 0 Å². The molecule has 3 aliphatic rings. The smallest absolute Gasteiger partial charge is 0.239 e. The number of benzene rings is 1. The summed E-state index contributed by atoms with van der Waals surface area (Å²) in [5.74, 6) is 1.34. The molecule has 0 unspecified atom stereocenters. The highest BCUT2D eigenvalue weighted by Gasteiger charge is 2.50. The lowest BCUT2D eigenvalue weighted by Gasteiger charge is -2.35. The van der Waals surface area contributed by atoms with E-state index in [-0.39, 0.29) is 11.4 Å². The Bertz CT molecular complexity index is 808. The Morgan fingerprint density at radius 1 is 1.27 bits per heavy atom. The number of ether oxygens (including phenoxy) is 1. The van der Waals surface area contributed by atoms with Gasteiger partial charge in [0.15, 0.2) is 0 Å². The van der Waals surface area contributed by atoms with E-state index in [2.05, 4.69) is 10.2 Å². The maximum absolute atomic E-state index is 12.7. The molecule has 1 aliphatic heterocycles. The van der Waals surface area contributed by atoms with E-state index < -0.39 is 0 Å². The number of nitrogens with zero attached hydrogens (tertiary/aromatic N) is 3. The number of hydrogen-bond donors (Lipinski definition) is 1. The van der Waals surface area contributed by atoms with Gasteiger partial charge >= 0.3 is 0 Å². The Labute approximate surface area is 153 Å². The standard InChI is InChI=1S/C20H24N4O2/c25-19(13-23-10-11-26-14-20(23)8-9-20)21-18-12-17(15-6-7-15)22-24(18)16-4-2-1-3-5-16/h1-5,12,15H,6-11,13-14H2,(H,21,25). The molecule has 1 spiro atoms. The van der Waals surface area contributed by atoms with Crippen LogP contribution in [0.15, 0.2) is 36.4 Å². The van der Waals surface area contributed by atoms with Gasteiger partial charge in [0.1, 0.15) is 5.82 Å². The first-order valence-electron chi connectivity index (χ1n) is 9.52. The van der Waals surface area contributed by atoms with Crippen LogP contribution in [0.4, 0.5) is 5.82 Å². The zero-order chi connectivity index (χ0) is 17.6. The summed E-state index contributed by atoms with van der Waals surface area (Å²) < 4.78 is 7.46. The van der Waals surface area contributed by atoms with E-state index in [1.54, 1.807) is 0 Å². The van der Waals surface area contributed by atoms with Gasteiger partial charge in [-0.1, -0.05) is 18.2 Å². The first kappa shape index (κ1) is 16.0. The number of anilines is 1. The molecule has 1 N–H and O–H groups in total. The Hall–Kier alpha value is -2.18. The predicted molar refractivity (Wildman–Crippen MR) is 98.5 cm³/mol. The van der Waals surface area contributed by atoms with Gasteiger partial charge in [-0.25, -0.2) is 4.68 Å². The minimum Gasteiger partial charge on any atom is -0.378 e. The van der Waals surface area contributed by atoms with Gasteiger partial charge in [0.05, 0.1) is 31.1 Å². The number of amides is 1. The molecule has 0 radical (unpaired) electrons. The molecule has 3 fully saturated rings. The van der Waals surface area contributed by atoms with Gasteiger partial charge in [-0.05, 0) is 37.8 Å². The van der Waals surface area contributed by atoms with Crippen LogP contribution in [0, 0.1) is 0 Å². The van der Waals surface area contributed by atoms with E-state index >= 15 is 0 Å². The third-order valence-electron chi connectivity index (χ3n) is 5.70. The van der Waals surface area contributed by atoms with Crippen LogP contribution in [-0.4, -0.2) is 52.4 Å². The van der Waals surface area contributed by atoms with E-state index in [0.29, 0.717) is 19.1 Å². The summed E-state index contributed by atoms with van der Waals surface area (Å²) in [6, 6.07) is 12.0. The van der Waals surface area contributed by atoms with Crippen molar-refractivity contribution in [2.75, 3.05) is 31.6 Å². The molecule has 2 aromatic rings. The number of hydrogen-bond acceptors (Lipinski definition) is 4. The Balaban J connectivity index is 1.35. The molecule has 26 heavy (non-hydrogen) atoms. The van der Waals surface area contributed by atoms with Crippen molar-refractivity contribution in [1.29, 1.82) is 0 Å². The monoisotopic (exact) mass is 352 g/mol. The van der Waals surface area contributed by atoms with Gasteiger partial charge in [-0.15, -0.1) is 0 Å². The highest BCUT2D eigenvalue weighted by Crippen LogP contribution is 2.43. The predicted octanol–water partition coefficient (Wildman–Crippen LogP) is 2.55. The fourth-order valence-electron chi connectivity index (χ4n) is 3.81. The van der Waals surface area contributed by atoms with Gasteiger partial charge in [-0.3, -0.25) is 9.69 Å². The number of carbonyl (C=O) groups is 1. The molecule has 1 saturated heterocycles. The second-order valence-electron chi connectivity index (χ2n) is 7.72. The summed E-state index contributed by atoms with van der Waals surface area (Å²) in [5, 5.41) is 7.86. The molecular weight excluding hydrogens is 328 g/mol. The molecule has 0 atom stereocenters. The summed E-state index contributed by atoms with van der Waals surface area (Å²) in [4.78, 5) is 15.0. The Kier molecular flexibility index (Phi) is 3.83. The summed E-state index contributed by atoms with van der Waals surface area (Å²) in [6.07, 6.45) is 4.65. The van der Waals surface area contributed by atoms with E-state index in [0.717, 1.165) is 43.2 Å². The Morgan fingerprint density at radius 2 is 2.08 bits per heavy atom. The van der Waals surface area contributed by atoms with Gasteiger partial charge in [0.2, 0.25) is 5.91 Å². The van der Waals surface area contributed by atoms with Crippen LogP contribution in [0.25, 0.3) is 5.69 Å². The minimum absolute atomic E-state index is 0.0256. The molecule has 2 aliphatic carbocycles. The zero-order valence-electron chi connectivity index (χ0n) is 14.9. The number of morpholine rings is 1. The molecule has 0 bridgehead atoms. The molecule has 6 nitrogen and oxygen atoms in total. The first-order valence-corrected chi connectivity index (χ1v) is 9.52. The number of para-hydroxylation sites is 1. The van der Waals surface area contributed by atoms with Crippen molar-refractivity contribution < 1.29 is 9.53 Å². The third-order valence-corrected chi connectivity index (χ3v) is 5.70. The highest BCUT2D eigenvalue weighted by atomic mass is 16.5. The van der Waals surface area contributed by atoms with Crippen LogP contribution >= 0.6 is 0 Å². The van der Waals surface area contributed by atoms with Gasteiger partial charge < -0.3 is 10.1 Å². The third kappa shape index (κ3) is 3.04. The second kappa shape index (κ2) is 6.21. The molecule has 5 rings (SSSR count). The van der Waals surface area contributed by atoms with Gasteiger partial charge in [-0.2, -0.15) is 5.10 Å². The summed E-state index contributed by atoms with van der Waals surface area (Å²) in [7, 11) is 0. The maximum Gasteiger partial charge on any atom is 0.239 e. The number of carbonyl (C=O) groups excluding carboxylic acids is 1. The molecular formula is C20H24N4O2. The second-order valence-corrected chi connectivity index (χ2v) is 7.72. The van der Waals surface area contributed by atoms with E-state index in [9.17, 15) is 4.79 Å². The molecule has 136 valence electrons. The van der Waals surface area contributed by atoms with Crippen LogP contribution in [0.3, 0.4) is 0 Å². The van der Waals surface area contributed by atoms with Gasteiger partial charge in [0, 0.05) is 24.1 Å².